The maximum Gasteiger partial charge on any atom is 0.270 e. The van der Waals surface area contributed by atoms with Gasteiger partial charge in [0.2, 0.25) is 0 Å². The zero-order valence-electron chi connectivity index (χ0n) is 14.2. The van der Waals surface area contributed by atoms with Crippen molar-refractivity contribution in [2.75, 3.05) is 13.2 Å². The first-order chi connectivity index (χ1) is 12.5. The topological polar surface area (TPSA) is 85.0 Å². The van der Waals surface area contributed by atoms with E-state index in [9.17, 15) is 19.7 Å². The van der Waals surface area contributed by atoms with Gasteiger partial charge in [0.05, 0.1) is 22.6 Å². The number of benzene rings is 1. The van der Waals surface area contributed by atoms with Crippen molar-refractivity contribution in [1.29, 1.82) is 0 Å². The fraction of sp³-hybridized carbons (Fsp3) is 0.333. The second-order valence-electron chi connectivity index (χ2n) is 6.60. The predicted octanol–water partition coefficient (Wildman–Crippen LogP) is 1.80. The van der Waals surface area contributed by atoms with E-state index in [1.807, 2.05) is 0 Å². The van der Waals surface area contributed by atoms with Gasteiger partial charge in [-0.1, -0.05) is 6.92 Å². The Morgan fingerprint density at radius 3 is 2.77 bits per heavy atom. The summed E-state index contributed by atoms with van der Waals surface area (Å²) < 4.78 is 0. The number of nitro benzene ring substituents is 1. The maximum absolute atomic E-state index is 12.7. The van der Waals surface area contributed by atoms with E-state index in [-0.39, 0.29) is 35.4 Å². The summed E-state index contributed by atoms with van der Waals surface area (Å²) in [5.74, 6) is -0.800. The molecule has 7 nitrogen and oxygen atoms in total. The Balaban J connectivity index is 1.60. The molecule has 26 heavy (non-hydrogen) atoms. The van der Waals surface area contributed by atoms with E-state index in [4.69, 9.17) is 0 Å². The van der Waals surface area contributed by atoms with Gasteiger partial charge in [-0.05, 0) is 17.5 Å². The van der Waals surface area contributed by atoms with Crippen molar-refractivity contribution in [2.45, 2.75) is 25.8 Å². The van der Waals surface area contributed by atoms with Crippen LogP contribution in [0.4, 0.5) is 5.69 Å². The van der Waals surface area contributed by atoms with Gasteiger partial charge in [-0.2, -0.15) is 0 Å². The fourth-order valence-corrected chi connectivity index (χ4v) is 4.91. The van der Waals surface area contributed by atoms with Crippen molar-refractivity contribution in [3.05, 3.63) is 61.3 Å². The number of fused-ring (bicyclic) bond motifs is 2. The molecule has 0 saturated heterocycles. The lowest BCUT2D eigenvalue weighted by Gasteiger charge is -2.34. The first kappa shape index (κ1) is 16.9. The lowest BCUT2D eigenvalue weighted by molar-refractivity contribution is -0.940. The average molecular weight is 372 g/mol. The molecule has 2 aliphatic rings. The Morgan fingerprint density at radius 1 is 1.27 bits per heavy atom. The Labute approximate surface area is 154 Å². The van der Waals surface area contributed by atoms with Gasteiger partial charge in [0.15, 0.2) is 6.67 Å². The first-order valence-corrected chi connectivity index (χ1v) is 9.44. The number of hydrogen-bond donors (Lipinski definition) is 1. The zero-order valence-corrected chi connectivity index (χ0v) is 15.0. The number of nitrogens with zero attached hydrogens (tertiary/aromatic N) is 2. The smallest absolute Gasteiger partial charge is 0.270 e. The van der Waals surface area contributed by atoms with Crippen molar-refractivity contribution >= 4 is 28.8 Å². The Bertz CT molecular complexity index is 923. The van der Waals surface area contributed by atoms with Crippen LogP contribution in [0, 0.1) is 10.1 Å². The number of non-ortho nitro benzene ring substituents is 1. The molecule has 0 spiro atoms. The van der Waals surface area contributed by atoms with Gasteiger partial charge >= 0.3 is 0 Å². The van der Waals surface area contributed by atoms with Crippen LogP contribution in [0.3, 0.4) is 0 Å². The Kier molecular flexibility index (Phi) is 4.08. The first-order valence-electron chi connectivity index (χ1n) is 8.56. The summed E-state index contributed by atoms with van der Waals surface area (Å²) >= 11 is 1.76. The third kappa shape index (κ3) is 2.53. The summed E-state index contributed by atoms with van der Waals surface area (Å²) in [7, 11) is 0. The maximum atomic E-state index is 12.7. The van der Waals surface area contributed by atoms with Gasteiger partial charge in [0, 0.05) is 35.4 Å². The van der Waals surface area contributed by atoms with E-state index in [1.165, 1.54) is 38.4 Å². The highest BCUT2D eigenvalue weighted by atomic mass is 32.1. The lowest BCUT2D eigenvalue weighted by Crippen LogP contribution is -3.14. The quantitative estimate of drug-likeness (QED) is 0.504. The molecule has 134 valence electrons. The molecule has 2 aliphatic heterocycles. The molecular weight excluding hydrogens is 354 g/mol. The molecule has 4 rings (SSSR count). The molecule has 8 heteroatoms. The van der Waals surface area contributed by atoms with Crippen molar-refractivity contribution in [3.8, 4) is 0 Å². The number of amides is 2. The summed E-state index contributed by atoms with van der Waals surface area (Å²) in [5, 5.41) is 13.0. The van der Waals surface area contributed by atoms with Crippen LogP contribution in [0.2, 0.25) is 0 Å². The summed E-state index contributed by atoms with van der Waals surface area (Å²) in [6.07, 6.45) is 1.86. The number of hydrogen-bond acceptors (Lipinski definition) is 5. The highest BCUT2D eigenvalue weighted by Gasteiger charge is 2.41. The van der Waals surface area contributed by atoms with Gasteiger partial charge < -0.3 is 4.90 Å². The number of quaternary nitrogens is 1. The van der Waals surface area contributed by atoms with Crippen molar-refractivity contribution in [1.82, 2.24) is 4.90 Å². The minimum atomic E-state index is -0.554. The van der Waals surface area contributed by atoms with Crippen molar-refractivity contribution in [3.63, 3.8) is 0 Å². The standard InChI is InChI=1S/C18H17N3O4S/c1-2-15-13-6-8-26-16(13)5-7-19(15)10-20-17(22)12-4-3-11(21(24)25)9-14(12)18(20)23/h3-4,6,8-9,15H,2,5,7,10H2,1H3/p+1/t15-/m1/s1. The van der Waals surface area contributed by atoms with Gasteiger partial charge in [0.25, 0.3) is 17.5 Å². The second-order valence-corrected chi connectivity index (χ2v) is 7.60. The molecule has 0 saturated carbocycles. The van der Waals surface area contributed by atoms with Crippen LogP contribution < -0.4 is 4.90 Å². The minimum Gasteiger partial charge on any atom is -0.311 e. The van der Waals surface area contributed by atoms with Crippen LogP contribution in [0.5, 0.6) is 0 Å². The third-order valence-electron chi connectivity index (χ3n) is 5.26. The van der Waals surface area contributed by atoms with Crippen LogP contribution in [0.1, 0.15) is 50.5 Å². The summed E-state index contributed by atoms with van der Waals surface area (Å²) in [5.41, 5.74) is 1.52. The van der Waals surface area contributed by atoms with Crippen LogP contribution >= 0.6 is 11.3 Å². The molecule has 0 aliphatic carbocycles. The molecule has 1 N–H and O–H groups in total. The molecule has 2 aromatic rings. The average Bonchev–Trinajstić information content (AvgIpc) is 3.20. The third-order valence-corrected chi connectivity index (χ3v) is 6.25. The minimum absolute atomic E-state index is 0.130. The van der Waals surface area contributed by atoms with Gasteiger partial charge in [-0.15, -0.1) is 11.3 Å². The fourth-order valence-electron chi connectivity index (χ4n) is 3.97. The molecular formula is C18H18N3O4S+. The number of carbonyl (C=O) groups is 2. The molecule has 1 aromatic carbocycles. The Morgan fingerprint density at radius 2 is 2.04 bits per heavy atom. The normalized spacial score (nSPS) is 21.7. The number of imide groups is 1. The van der Waals surface area contributed by atoms with Gasteiger partial charge in [-0.3, -0.25) is 19.7 Å². The van der Waals surface area contributed by atoms with E-state index in [0.29, 0.717) is 0 Å². The number of nitrogens with one attached hydrogen (secondary N) is 1. The van der Waals surface area contributed by atoms with Crippen LogP contribution in [0.15, 0.2) is 29.6 Å². The molecule has 1 unspecified atom stereocenters. The number of rotatable bonds is 4. The molecule has 0 bridgehead atoms. The second kappa shape index (κ2) is 6.30. The summed E-state index contributed by atoms with van der Waals surface area (Å²) in [6.45, 7) is 3.26. The molecule has 2 atom stereocenters. The van der Waals surface area contributed by atoms with Gasteiger partial charge in [-0.25, -0.2) is 4.90 Å². The summed E-state index contributed by atoms with van der Waals surface area (Å²) in [6, 6.07) is 6.25. The van der Waals surface area contributed by atoms with Gasteiger partial charge in [0.1, 0.15) is 6.04 Å². The van der Waals surface area contributed by atoms with Crippen molar-refractivity contribution in [2.24, 2.45) is 0 Å². The number of nitro groups is 1. The number of carbonyl (C=O) groups excluding carboxylic acids is 2. The molecule has 0 radical (unpaired) electrons. The SMILES string of the molecule is CC[C@@H]1c2ccsc2CC[NH+]1CN1C(=O)c2ccc([N+](=O)[O-])cc2C1=O. The molecule has 2 amide bonds. The van der Waals surface area contributed by atoms with Crippen molar-refractivity contribution < 1.29 is 19.4 Å². The van der Waals surface area contributed by atoms with E-state index in [2.05, 4.69) is 18.4 Å². The lowest BCUT2D eigenvalue weighted by atomic mass is 9.98. The monoisotopic (exact) mass is 372 g/mol. The van der Waals surface area contributed by atoms with Crippen LogP contribution in [-0.4, -0.2) is 34.9 Å². The molecule has 0 fully saturated rings. The molecule has 3 heterocycles. The van der Waals surface area contributed by atoms with Crippen LogP contribution in [0.25, 0.3) is 0 Å². The number of thiophene rings is 1. The van der Waals surface area contributed by atoms with E-state index in [0.717, 1.165) is 19.4 Å². The largest absolute Gasteiger partial charge is 0.311 e. The van der Waals surface area contributed by atoms with Crippen LogP contribution in [-0.2, 0) is 6.42 Å². The predicted molar refractivity (Wildman–Crippen MR) is 95.3 cm³/mol. The Hall–Kier alpha value is -2.58. The highest BCUT2D eigenvalue weighted by Crippen LogP contribution is 2.29. The highest BCUT2D eigenvalue weighted by molar-refractivity contribution is 7.10. The molecule has 1 aromatic heterocycles. The van der Waals surface area contributed by atoms with E-state index >= 15 is 0 Å². The van der Waals surface area contributed by atoms with E-state index < -0.39 is 10.8 Å². The van der Waals surface area contributed by atoms with E-state index in [1.54, 1.807) is 11.3 Å². The zero-order chi connectivity index (χ0) is 18.4. The summed E-state index contributed by atoms with van der Waals surface area (Å²) in [4.78, 5) is 39.6.